The van der Waals surface area contributed by atoms with Gasteiger partial charge in [0.05, 0.1) is 0 Å². The molecule has 1 unspecified atom stereocenters. The zero-order valence-corrected chi connectivity index (χ0v) is 14.5. The maximum Gasteiger partial charge on any atom is 0.248 e. The summed E-state index contributed by atoms with van der Waals surface area (Å²) in [5, 5.41) is 2.92. The predicted octanol–water partition coefficient (Wildman–Crippen LogP) is 3.48. The van der Waals surface area contributed by atoms with Crippen LogP contribution in [-0.4, -0.2) is 29.4 Å². The number of nitrogens with zero attached hydrogens (tertiary/aromatic N) is 1. The average molecular weight is 346 g/mol. The number of carbonyl (C=O) groups excluding carboxylic acids is 2. The number of rotatable bonds is 5. The van der Waals surface area contributed by atoms with Gasteiger partial charge < -0.3 is 10.2 Å². The van der Waals surface area contributed by atoms with E-state index in [1.165, 1.54) is 6.08 Å². The third-order valence-corrected chi connectivity index (χ3v) is 4.29. The van der Waals surface area contributed by atoms with Crippen LogP contribution in [0.3, 0.4) is 0 Å². The molecule has 0 radical (unpaired) electrons. The average Bonchev–Trinajstić information content (AvgIpc) is 3.14. The van der Waals surface area contributed by atoms with E-state index in [-0.39, 0.29) is 18.0 Å². The third-order valence-electron chi connectivity index (χ3n) is 4.29. The van der Waals surface area contributed by atoms with E-state index in [0.29, 0.717) is 6.54 Å². The summed E-state index contributed by atoms with van der Waals surface area (Å²) >= 11 is 0. The molecule has 4 heteroatoms. The molecule has 0 spiro atoms. The van der Waals surface area contributed by atoms with Crippen molar-refractivity contribution in [1.82, 2.24) is 10.2 Å². The molecule has 0 saturated carbocycles. The molecule has 1 saturated heterocycles. The molecule has 1 N–H and O–H groups in total. The molecule has 132 valence electrons. The zero-order valence-electron chi connectivity index (χ0n) is 14.5. The summed E-state index contributed by atoms with van der Waals surface area (Å²) in [5.74, 6) is -0.269. The molecule has 4 nitrogen and oxygen atoms in total. The van der Waals surface area contributed by atoms with Crippen LogP contribution >= 0.6 is 0 Å². The number of nitrogens with one attached hydrogen (secondary N) is 1. The fraction of sp³-hybridized carbons (Fsp3) is 0.182. The van der Waals surface area contributed by atoms with Crippen molar-refractivity contribution in [3.63, 3.8) is 0 Å². The van der Waals surface area contributed by atoms with Crippen LogP contribution in [0, 0.1) is 0 Å². The number of carbonyl (C=O) groups is 2. The first kappa shape index (κ1) is 17.7. The van der Waals surface area contributed by atoms with Crippen molar-refractivity contribution >= 4 is 24.0 Å². The highest BCUT2D eigenvalue weighted by atomic mass is 16.2. The van der Waals surface area contributed by atoms with Gasteiger partial charge in [-0.1, -0.05) is 60.7 Å². The van der Waals surface area contributed by atoms with Crippen LogP contribution in [0.2, 0.25) is 0 Å². The van der Waals surface area contributed by atoms with E-state index in [4.69, 9.17) is 0 Å². The van der Waals surface area contributed by atoms with Crippen LogP contribution in [0.5, 0.6) is 0 Å². The van der Waals surface area contributed by atoms with E-state index in [2.05, 4.69) is 5.32 Å². The minimum absolute atomic E-state index is 0.0799. The van der Waals surface area contributed by atoms with Gasteiger partial charge in [0, 0.05) is 18.7 Å². The molecule has 0 bridgehead atoms. The standard InChI is InChI=1S/C22H22N2O2/c25-21(15-13-18-8-3-1-4-9-18)23-20-12-7-17-24(20)22(26)16-14-19-10-5-2-6-11-19/h1-6,8-11,13-16,20H,7,12,17H2,(H,23,25). The molecule has 1 aliphatic rings. The van der Waals surface area contributed by atoms with Gasteiger partial charge in [-0.05, 0) is 36.1 Å². The van der Waals surface area contributed by atoms with Crippen LogP contribution in [-0.2, 0) is 9.59 Å². The highest BCUT2D eigenvalue weighted by Gasteiger charge is 2.28. The molecular formula is C22H22N2O2. The Morgan fingerprint density at radius 3 is 2.08 bits per heavy atom. The molecular weight excluding hydrogens is 324 g/mol. The van der Waals surface area contributed by atoms with E-state index in [9.17, 15) is 9.59 Å². The van der Waals surface area contributed by atoms with Crippen molar-refractivity contribution in [2.75, 3.05) is 6.54 Å². The second-order valence-electron chi connectivity index (χ2n) is 6.19. The zero-order chi connectivity index (χ0) is 18.2. The molecule has 0 aromatic heterocycles. The Hall–Kier alpha value is -3.14. The quantitative estimate of drug-likeness (QED) is 0.843. The summed E-state index contributed by atoms with van der Waals surface area (Å²) in [6, 6.07) is 19.3. The Kier molecular flexibility index (Phi) is 5.99. The van der Waals surface area contributed by atoms with Gasteiger partial charge in [-0.25, -0.2) is 0 Å². The summed E-state index contributed by atoms with van der Waals surface area (Å²) in [7, 11) is 0. The van der Waals surface area contributed by atoms with Crippen molar-refractivity contribution in [2.24, 2.45) is 0 Å². The van der Waals surface area contributed by atoms with E-state index in [0.717, 1.165) is 24.0 Å². The normalized spacial score (nSPS) is 17.1. The second kappa shape index (κ2) is 8.81. The molecule has 1 aliphatic heterocycles. The van der Waals surface area contributed by atoms with E-state index in [1.54, 1.807) is 23.1 Å². The lowest BCUT2D eigenvalue weighted by Gasteiger charge is -2.23. The van der Waals surface area contributed by atoms with Gasteiger partial charge in [-0.15, -0.1) is 0 Å². The Morgan fingerprint density at radius 1 is 0.885 bits per heavy atom. The first-order valence-electron chi connectivity index (χ1n) is 8.80. The Bertz CT molecular complexity index is 797. The van der Waals surface area contributed by atoms with E-state index >= 15 is 0 Å². The third kappa shape index (κ3) is 4.93. The Morgan fingerprint density at radius 2 is 1.46 bits per heavy atom. The van der Waals surface area contributed by atoms with Crippen LogP contribution in [0.4, 0.5) is 0 Å². The van der Waals surface area contributed by atoms with Gasteiger partial charge in [0.25, 0.3) is 0 Å². The molecule has 26 heavy (non-hydrogen) atoms. The van der Waals surface area contributed by atoms with E-state index < -0.39 is 0 Å². The summed E-state index contributed by atoms with van der Waals surface area (Å²) in [5.41, 5.74) is 1.94. The first-order chi connectivity index (χ1) is 12.7. The van der Waals surface area contributed by atoms with Gasteiger partial charge >= 0.3 is 0 Å². The topological polar surface area (TPSA) is 49.4 Å². The van der Waals surface area contributed by atoms with E-state index in [1.807, 2.05) is 60.7 Å². The van der Waals surface area contributed by atoms with Gasteiger partial charge in [-0.3, -0.25) is 9.59 Å². The lowest BCUT2D eigenvalue weighted by atomic mass is 10.2. The van der Waals surface area contributed by atoms with Crippen LogP contribution < -0.4 is 5.32 Å². The van der Waals surface area contributed by atoms with Gasteiger partial charge in [0.2, 0.25) is 11.8 Å². The van der Waals surface area contributed by atoms with Gasteiger partial charge in [-0.2, -0.15) is 0 Å². The lowest BCUT2D eigenvalue weighted by molar-refractivity contribution is -0.128. The van der Waals surface area contributed by atoms with Crippen molar-refractivity contribution < 1.29 is 9.59 Å². The summed E-state index contributed by atoms with van der Waals surface area (Å²) in [6.07, 6.45) is 8.06. The summed E-state index contributed by atoms with van der Waals surface area (Å²) in [6.45, 7) is 0.658. The fourth-order valence-electron chi connectivity index (χ4n) is 2.96. The molecule has 3 rings (SSSR count). The molecule has 0 aliphatic carbocycles. The minimum Gasteiger partial charge on any atom is -0.332 e. The molecule has 1 fully saturated rings. The first-order valence-corrected chi connectivity index (χ1v) is 8.80. The largest absolute Gasteiger partial charge is 0.332 e. The number of amides is 2. The van der Waals surface area contributed by atoms with Gasteiger partial charge in [0.1, 0.15) is 6.17 Å². The maximum atomic E-state index is 12.5. The SMILES string of the molecule is O=C(C=Cc1ccccc1)NC1CCCN1C(=O)C=Cc1ccccc1. The van der Waals surface area contributed by atoms with Crippen molar-refractivity contribution in [3.8, 4) is 0 Å². The number of benzene rings is 2. The Balaban J connectivity index is 1.57. The molecule has 2 aromatic rings. The van der Waals surface area contributed by atoms with Crippen LogP contribution in [0.1, 0.15) is 24.0 Å². The predicted molar refractivity (Wildman–Crippen MR) is 104 cm³/mol. The Labute approximate surface area is 153 Å². The smallest absolute Gasteiger partial charge is 0.248 e. The van der Waals surface area contributed by atoms with Crippen LogP contribution in [0.15, 0.2) is 72.8 Å². The molecule has 1 atom stereocenters. The van der Waals surface area contributed by atoms with Crippen LogP contribution in [0.25, 0.3) is 12.2 Å². The fourth-order valence-corrected chi connectivity index (χ4v) is 2.96. The molecule has 1 heterocycles. The molecule has 2 amide bonds. The second-order valence-corrected chi connectivity index (χ2v) is 6.19. The molecule has 2 aromatic carbocycles. The minimum atomic E-state index is -0.254. The highest BCUT2D eigenvalue weighted by Crippen LogP contribution is 2.16. The number of hydrogen-bond donors (Lipinski definition) is 1. The monoisotopic (exact) mass is 346 g/mol. The maximum absolute atomic E-state index is 12.5. The van der Waals surface area contributed by atoms with Crippen molar-refractivity contribution in [3.05, 3.63) is 83.9 Å². The summed E-state index contributed by atoms with van der Waals surface area (Å²) in [4.78, 5) is 26.3. The summed E-state index contributed by atoms with van der Waals surface area (Å²) < 4.78 is 0. The van der Waals surface area contributed by atoms with Gasteiger partial charge in [0.15, 0.2) is 0 Å². The van der Waals surface area contributed by atoms with Crippen molar-refractivity contribution in [1.29, 1.82) is 0 Å². The number of hydrogen-bond acceptors (Lipinski definition) is 2. The van der Waals surface area contributed by atoms with Crippen molar-refractivity contribution in [2.45, 2.75) is 19.0 Å². The number of likely N-dealkylation sites (tertiary alicyclic amines) is 1. The highest BCUT2D eigenvalue weighted by molar-refractivity contribution is 5.94. The lowest BCUT2D eigenvalue weighted by Crippen LogP contribution is -2.46.